The van der Waals surface area contributed by atoms with Crippen molar-refractivity contribution in [1.82, 2.24) is 25.0 Å². The van der Waals surface area contributed by atoms with E-state index in [9.17, 15) is 0 Å². The lowest BCUT2D eigenvalue weighted by atomic mass is 9.96. The summed E-state index contributed by atoms with van der Waals surface area (Å²) in [5.41, 5.74) is 5.07. The zero-order chi connectivity index (χ0) is 29.8. The van der Waals surface area contributed by atoms with E-state index < -0.39 is 0 Å². The summed E-state index contributed by atoms with van der Waals surface area (Å²) < 4.78 is 24.9. The molecule has 224 valence electrons. The Labute approximate surface area is 264 Å². The topological polar surface area (TPSA) is 82.9 Å². The molecule has 2 aliphatic heterocycles. The second kappa shape index (κ2) is 13.3. The molecular weight excluding hydrogens is 613 g/mol. The average Bonchev–Trinajstić information content (AvgIpc) is 3.70. The van der Waals surface area contributed by atoms with Gasteiger partial charge in [-0.1, -0.05) is 40.9 Å². The van der Waals surface area contributed by atoms with Gasteiger partial charge in [-0.25, -0.2) is 4.98 Å². The van der Waals surface area contributed by atoms with Crippen LogP contribution >= 0.6 is 34.8 Å². The van der Waals surface area contributed by atoms with Crippen molar-refractivity contribution in [1.29, 1.82) is 0 Å². The molecule has 0 fully saturated rings. The first-order chi connectivity index (χ1) is 21.0. The molecule has 1 N–H and O–H groups in total. The number of benzene rings is 3. The van der Waals surface area contributed by atoms with E-state index in [1.807, 2.05) is 42.5 Å². The van der Waals surface area contributed by atoms with Crippen LogP contribution in [0.2, 0.25) is 15.1 Å². The van der Waals surface area contributed by atoms with Crippen LogP contribution in [0, 0.1) is 0 Å². The van der Waals surface area contributed by atoms with Gasteiger partial charge in [-0.3, -0.25) is 9.58 Å². The van der Waals surface area contributed by atoms with Gasteiger partial charge in [0.25, 0.3) is 0 Å². The highest BCUT2D eigenvalue weighted by Gasteiger charge is 2.22. The first-order valence-electron chi connectivity index (χ1n) is 13.8. The standard InChI is InChI=1S/C31H30Cl3N5O4/c1-40-27-5-3-22(13-26-23-15-29-28(42-19-43-29)14-21(23)6-7-36-26)30(34)31(27)41-11-10-38(8-9-39-18-35-17-37-39)16-20-2-4-24(32)25(33)12-20/h2-5,12-15,17-18,36H,6-11,16,19H2,1H3/b26-13-. The van der Waals surface area contributed by atoms with E-state index in [1.54, 1.807) is 18.1 Å². The predicted molar refractivity (Wildman–Crippen MR) is 167 cm³/mol. The maximum absolute atomic E-state index is 6.96. The van der Waals surface area contributed by atoms with Crippen molar-refractivity contribution in [2.75, 3.05) is 40.1 Å². The van der Waals surface area contributed by atoms with Crippen LogP contribution in [0.3, 0.4) is 0 Å². The molecule has 3 heterocycles. The van der Waals surface area contributed by atoms with E-state index in [-0.39, 0.29) is 6.79 Å². The molecule has 9 nitrogen and oxygen atoms in total. The Hall–Kier alpha value is -3.63. The van der Waals surface area contributed by atoms with Crippen LogP contribution in [0.4, 0.5) is 0 Å². The summed E-state index contributed by atoms with van der Waals surface area (Å²) in [5, 5.41) is 9.25. The number of hydrogen-bond acceptors (Lipinski definition) is 8. The quantitative estimate of drug-likeness (QED) is 0.207. The van der Waals surface area contributed by atoms with Gasteiger partial charge in [0.15, 0.2) is 23.0 Å². The first-order valence-corrected chi connectivity index (χ1v) is 15.0. The van der Waals surface area contributed by atoms with Crippen LogP contribution < -0.4 is 24.3 Å². The molecule has 0 radical (unpaired) electrons. The summed E-state index contributed by atoms with van der Waals surface area (Å²) >= 11 is 19.4. The van der Waals surface area contributed by atoms with E-state index in [1.165, 1.54) is 11.9 Å². The van der Waals surface area contributed by atoms with Gasteiger partial charge in [0.2, 0.25) is 6.79 Å². The van der Waals surface area contributed by atoms with Gasteiger partial charge < -0.3 is 24.3 Å². The van der Waals surface area contributed by atoms with Gasteiger partial charge in [-0.2, -0.15) is 5.10 Å². The summed E-state index contributed by atoms with van der Waals surface area (Å²) in [6, 6.07) is 13.5. The molecule has 0 spiro atoms. The maximum Gasteiger partial charge on any atom is 0.231 e. The predicted octanol–water partition coefficient (Wildman–Crippen LogP) is 6.20. The molecule has 2 aliphatic rings. The van der Waals surface area contributed by atoms with E-state index in [0.717, 1.165) is 46.9 Å². The lowest BCUT2D eigenvalue weighted by Gasteiger charge is -2.24. The summed E-state index contributed by atoms with van der Waals surface area (Å²) in [7, 11) is 1.60. The maximum atomic E-state index is 6.96. The Morgan fingerprint density at radius 1 is 1.05 bits per heavy atom. The highest BCUT2D eigenvalue weighted by molar-refractivity contribution is 6.42. The van der Waals surface area contributed by atoms with Crippen LogP contribution in [-0.2, 0) is 19.5 Å². The molecule has 0 bridgehead atoms. The molecule has 43 heavy (non-hydrogen) atoms. The largest absolute Gasteiger partial charge is 0.493 e. The second-order valence-electron chi connectivity index (χ2n) is 10.1. The SMILES string of the molecule is COc1ccc(/C=C2\NCCc3cc4c(cc32)OCO4)c(Cl)c1OCCN(CCn1cncn1)Cc1ccc(Cl)c(Cl)c1. The molecule has 0 atom stereocenters. The summed E-state index contributed by atoms with van der Waals surface area (Å²) in [6.45, 7) is 4.06. The Kier molecular flexibility index (Phi) is 9.14. The van der Waals surface area contributed by atoms with Crippen LogP contribution in [0.15, 0.2) is 55.1 Å². The third kappa shape index (κ3) is 6.80. The van der Waals surface area contributed by atoms with Crippen LogP contribution in [0.5, 0.6) is 23.0 Å². The van der Waals surface area contributed by atoms with E-state index in [0.29, 0.717) is 59.4 Å². The summed E-state index contributed by atoms with van der Waals surface area (Å²) in [6.07, 6.45) is 6.15. The second-order valence-corrected chi connectivity index (χ2v) is 11.3. The highest BCUT2D eigenvalue weighted by atomic mass is 35.5. The molecule has 0 saturated heterocycles. The van der Waals surface area contributed by atoms with Crippen molar-refractivity contribution < 1.29 is 18.9 Å². The Morgan fingerprint density at radius 2 is 1.91 bits per heavy atom. The normalized spacial score (nSPS) is 14.6. The van der Waals surface area contributed by atoms with Crippen molar-refractivity contribution in [3.63, 3.8) is 0 Å². The smallest absolute Gasteiger partial charge is 0.231 e. The van der Waals surface area contributed by atoms with Crippen molar-refractivity contribution in [2.45, 2.75) is 19.5 Å². The lowest BCUT2D eigenvalue weighted by molar-refractivity contribution is 0.174. The minimum atomic E-state index is 0.237. The summed E-state index contributed by atoms with van der Waals surface area (Å²) in [5.74, 6) is 2.58. The average molecular weight is 643 g/mol. The minimum Gasteiger partial charge on any atom is -0.493 e. The number of ether oxygens (including phenoxy) is 4. The molecule has 0 unspecified atom stereocenters. The van der Waals surface area contributed by atoms with Crippen molar-refractivity contribution in [3.8, 4) is 23.0 Å². The van der Waals surface area contributed by atoms with Gasteiger partial charge in [-0.05, 0) is 65.6 Å². The minimum absolute atomic E-state index is 0.237. The number of nitrogens with one attached hydrogen (secondary N) is 1. The van der Waals surface area contributed by atoms with Gasteiger partial charge in [0.05, 0.1) is 28.7 Å². The van der Waals surface area contributed by atoms with Gasteiger partial charge in [-0.15, -0.1) is 0 Å². The van der Waals surface area contributed by atoms with E-state index >= 15 is 0 Å². The molecule has 3 aromatic carbocycles. The van der Waals surface area contributed by atoms with E-state index in [2.05, 4.69) is 26.4 Å². The molecule has 12 heteroatoms. The third-order valence-electron chi connectivity index (χ3n) is 7.36. The Balaban J connectivity index is 1.20. The first kappa shape index (κ1) is 29.4. The number of methoxy groups -OCH3 is 1. The van der Waals surface area contributed by atoms with Crippen molar-refractivity contribution in [2.24, 2.45) is 0 Å². The fourth-order valence-corrected chi connectivity index (χ4v) is 5.73. The zero-order valence-electron chi connectivity index (χ0n) is 23.5. The third-order valence-corrected chi connectivity index (χ3v) is 8.49. The number of aromatic nitrogens is 3. The number of fused-ring (bicyclic) bond motifs is 2. The molecule has 0 aliphatic carbocycles. The number of halogens is 3. The van der Waals surface area contributed by atoms with Crippen LogP contribution in [-0.4, -0.2) is 59.8 Å². The molecule has 4 aromatic rings. The van der Waals surface area contributed by atoms with Gasteiger partial charge in [0, 0.05) is 37.4 Å². The van der Waals surface area contributed by atoms with Crippen LogP contribution in [0.25, 0.3) is 11.8 Å². The zero-order valence-corrected chi connectivity index (χ0v) is 25.8. The number of rotatable bonds is 11. The molecule has 0 amide bonds. The Bertz CT molecular complexity index is 1630. The van der Waals surface area contributed by atoms with Gasteiger partial charge in [0.1, 0.15) is 19.3 Å². The number of nitrogens with zero attached hydrogens (tertiary/aromatic N) is 4. The van der Waals surface area contributed by atoms with Crippen molar-refractivity contribution >= 4 is 46.6 Å². The van der Waals surface area contributed by atoms with Gasteiger partial charge >= 0.3 is 0 Å². The highest BCUT2D eigenvalue weighted by Crippen LogP contribution is 2.41. The Morgan fingerprint density at radius 3 is 2.70 bits per heavy atom. The molecule has 0 saturated carbocycles. The van der Waals surface area contributed by atoms with E-state index in [4.69, 9.17) is 53.8 Å². The lowest BCUT2D eigenvalue weighted by Crippen LogP contribution is -2.31. The monoisotopic (exact) mass is 641 g/mol. The fourth-order valence-electron chi connectivity index (χ4n) is 5.15. The molecule has 6 rings (SSSR count). The van der Waals surface area contributed by atoms with Crippen LogP contribution in [0.1, 0.15) is 22.3 Å². The fraction of sp³-hybridized carbons (Fsp3) is 0.290. The number of hydrogen-bond donors (Lipinski definition) is 1. The molecular formula is C31H30Cl3N5O4. The van der Waals surface area contributed by atoms with Crippen molar-refractivity contribution in [3.05, 3.63) is 92.4 Å². The molecule has 1 aromatic heterocycles. The summed E-state index contributed by atoms with van der Waals surface area (Å²) in [4.78, 5) is 6.29.